The second kappa shape index (κ2) is 8.94. The zero-order valence-corrected chi connectivity index (χ0v) is 19.7. The van der Waals surface area contributed by atoms with Crippen LogP contribution in [0.15, 0.2) is 74.0 Å². The van der Waals surface area contributed by atoms with Crippen molar-refractivity contribution in [2.45, 2.75) is 12.8 Å². The highest BCUT2D eigenvalue weighted by Crippen LogP contribution is 2.33. The predicted molar refractivity (Wildman–Crippen MR) is 141 cm³/mol. The molecule has 1 fully saturated rings. The molecule has 0 spiro atoms. The van der Waals surface area contributed by atoms with E-state index in [0.717, 1.165) is 24.0 Å². The molecule has 1 aromatic carbocycles. The van der Waals surface area contributed by atoms with Crippen LogP contribution in [0.4, 0.5) is 15.9 Å². The number of hydrogen-bond donors (Lipinski definition) is 3. The number of halogens is 1. The number of H-pyrrole nitrogens is 1. The summed E-state index contributed by atoms with van der Waals surface area (Å²) in [5.41, 5.74) is 12.2. The van der Waals surface area contributed by atoms with Gasteiger partial charge in [0.05, 0.1) is 29.1 Å². The predicted octanol–water partition coefficient (Wildman–Crippen LogP) is 5.21. The number of anilines is 2. The molecule has 0 unspecified atom stereocenters. The number of nitrogen functional groups attached to an aromatic ring is 1. The zero-order chi connectivity index (χ0) is 25.5. The normalized spacial score (nSPS) is 13.0. The van der Waals surface area contributed by atoms with Gasteiger partial charge in [0.25, 0.3) is 0 Å². The average molecular weight is 492 g/mol. The van der Waals surface area contributed by atoms with Crippen LogP contribution >= 0.6 is 0 Å². The number of nitrogens with zero attached hydrogens (tertiary/aromatic N) is 4. The quantitative estimate of drug-likeness (QED) is 0.300. The molecule has 8 nitrogen and oxygen atoms in total. The van der Waals surface area contributed by atoms with Gasteiger partial charge in [0.2, 0.25) is 5.91 Å². The molecule has 0 radical (unpaired) electrons. The first-order valence-electron chi connectivity index (χ1n) is 11.8. The summed E-state index contributed by atoms with van der Waals surface area (Å²) in [6.07, 6.45) is 10.1. The van der Waals surface area contributed by atoms with E-state index in [0.29, 0.717) is 50.6 Å². The fraction of sp³-hybridized carbons (Fsp3) is 0.107. The number of carbonyl (C=O) groups is 1. The molecule has 1 aliphatic carbocycles. The fourth-order valence-electron chi connectivity index (χ4n) is 4.20. The van der Waals surface area contributed by atoms with E-state index in [2.05, 4.69) is 31.8 Å². The van der Waals surface area contributed by atoms with E-state index >= 15 is 0 Å². The van der Waals surface area contributed by atoms with E-state index in [4.69, 9.17) is 10.7 Å². The molecule has 6 rings (SSSR count). The summed E-state index contributed by atoms with van der Waals surface area (Å²) in [4.78, 5) is 33.1. The summed E-state index contributed by atoms with van der Waals surface area (Å²) in [7, 11) is 0. The molecule has 0 aliphatic heterocycles. The van der Waals surface area contributed by atoms with Crippen LogP contribution in [0.25, 0.3) is 38.9 Å². The molecule has 1 saturated carbocycles. The number of carbonyl (C=O) groups excluding carboxylic acids is 1. The minimum Gasteiger partial charge on any atom is -0.383 e. The van der Waals surface area contributed by atoms with Crippen LogP contribution in [-0.2, 0) is 4.79 Å². The number of amides is 1. The van der Waals surface area contributed by atoms with Crippen LogP contribution in [-0.4, -0.2) is 30.8 Å². The number of aromatic amines is 1. The van der Waals surface area contributed by atoms with Gasteiger partial charge in [-0.1, -0.05) is 18.7 Å². The third-order valence-corrected chi connectivity index (χ3v) is 6.35. The Hall–Kier alpha value is -4.92. The van der Waals surface area contributed by atoms with Gasteiger partial charge in [-0.25, -0.2) is 14.4 Å². The highest BCUT2D eigenvalue weighted by atomic mass is 19.1. The van der Waals surface area contributed by atoms with Crippen molar-refractivity contribution < 1.29 is 9.18 Å². The maximum Gasteiger partial charge on any atom is 0.227 e. The van der Waals surface area contributed by atoms with Crippen LogP contribution in [0.3, 0.4) is 0 Å². The summed E-state index contributed by atoms with van der Waals surface area (Å²) in [5, 5.41) is 2.92. The van der Waals surface area contributed by atoms with Gasteiger partial charge in [-0.05, 0) is 42.7 Å². The molecule has 0 atom stereocenters. The number of aromatic nitrogens is 5. The Morgan fingerprint density at radius 3 is 2.65 bits per heavy atom. The second-order valence-electron chi connectivity index (χ2n) is 9.04. The van der Waals surface area contributed by atoms with Crippen molar-refractivity contribution in [3.63, 3.8) is 0 Å². The Morgan fingerprint density at radius 1 is 1.03 bits per heavy atom. The second-order valence-corrected chi connectivity index (χ2v) is 9.04. The Balaban J connectivity index is 1.34. The van der Waals surface area contributed by atoms with Crippen molar-refractivity contribution in [1.29, 1.82) is 0 Å². The number of rotatable bonds is 6. The zero-order valence-electron chi connectivity index (χ0n) is 19.7. The lowest BCUT2D eigenvalue weighted by molar-refractivity contribution is -0.117. The van der Waals surface area contributed by atoms with Crippen LogP contribution < -0.4 is 11.1 Å². The van der Waals surface area contributed by atoms with Gasteiger partial charge in [0, 0.05) is 52.3 Å². The molecule has 0 saturated heterocycles. The molecule has 4 N–H and O–H groups in total. The standard InChI is InChI=1S/C28H22FN7O/c1-15(27-35-24-14-32-13-23(25(24)36-27)17-3-2-4-20(29)7-17)22-9-19(11-33-26(22)30)18-8-21(12-31-10-18)34-28(37)16-5-6-16/h2-4,7-14,16H,1,5-6H2,(H2,30,33)(H,34,37)(H,35,36). The number of benzene rings is 1. The van der Waals surface area contributed by atoms with Crippen LogP contribution in [0.2, 0.25) is 0 Å². The number of imidazole rings is 1. The maximum absolute atomic E-state index is 13.8. The number of nitrogens with one attached hydrogen (secondary N) is 2. The van der Waals surface area contributed by atoms with Gasteiger partial charge >= 0.3 is 0 Å². The monoisotopic (exact) mass is 491 g/mol. The van der Waals surface area contributed by atoms with Gasteiger partial charge < -0.3 is 16.0 Å². The molecule has 1 amide bonds. The Bertz CT molecular complexity index is 1690. The van der Waals surface area contributed by atoms with Gasteiger partial charge in [0.15, 0.2) is 0 Å². The van der Waals surface area contributed by atoms with E-state index in [1.165, 1.54) is 12.1 Å². The topological polar surface area (TPSA) is 122 Å². The van der Waals surface area contributed by atoms with Crippen LogP contribution in [0.1, 0.15) is 24.2 Å². The molecule has 182 valence electrons. The summed E-state index contributed by atoms with van der Waals surface area (Å²) in [6, 6.07) is 10.0. The van der Waals surface area contributed by atoms with E-state index in [1.54, 1.807) is 37.1 Å². The largest absolute Gasteiger partial charge is 0.383 e. The van der Waals surface area contributed by atoms with E-state index in [1.807, 2.05) is 18.2 Å². The molecule has 1 aliphatic rings. The first-order chi connectivity index (χ1) is 18.0. The van der Waals surface area contributed by atoms with Crippen molar-refractivity contribution in [3.8, 4) is 22.3 Å². The van der Waals surface area contributed by atoms with E-state index in [9.17, 15) is 9.18 Å². The molecule has 9 heteroatoms. The third-order valence-electron chi connectivity index (χ3n) is 6.35. The number of fused-ring (bicyclic) bond motifs is 1. The van der Waals surface area contributed by atoms with Gasteiger partial charge in [-0.2, -0.15) is 0 Å². The molecule has 5 aromatic rings. The van der Waals surface area contributed by atoms with Crippen molar-refractivity contribution in [2.24, 2.45) is 5.92 Å². The van der Waals surface area contributed by atoms with Crippen molar-refractivity contribution >= 4 is 34.0 Å². The van der Waals surface area contributed by atoms with E-state index < -0.39 is 0 Å². The number of hydrogen-bond acceptors (Lipinski definition) is 6. The first kappa shape index (κ1) is 22.5. The highest BCUT2D eigenvalue weighted by Gasteiger charge is 2.29. The smallest absolute Gasteiger partial charge is 0.227 e. The highest BCUT2D eigenvalue weighted by molar-refractivity contribution is 5.95. The molecule has 4 aromatic heterocycles. The fourth-order valence-corrected chi connectivity index (χ4v) is 4.20. The van der Waals surface area contributed by atoms with Crippen molar-refractivity contribution in [1.82, 2.24) is 24.9 Å². The van der Waals surface area contributed by atoms with Gasteiger partial charge in [0.1, 0.15) is 17.5 Å². The summed E-state index contributed by atoms with van der Waals surface area (Å²) < 4.78 is 13.8. The van der Waals surface area contributed by atoms with Crippen molar-refractivity contribution in [2.75, 3.05) is 11.1 Å². The van der Waals surface area contributed by atoms with Gasteiger partial charge in [-0.3, -0.25) is 14.8 Å². The minimum atomic E-state index is -0.337. The van der Waals surface area contributed by atoms with Crippen LogP contribution in [0, 0.1) is 11.7 Å². The molecular weight excluding hydrogens is 469 g/mol. The Morgan fingerprint density at radius 2 is 1.84 bits per heavy atom. The van der Waals surface area contributed by atoms with Crippen molar-refractivity contribution in [3.05, 3.63) is 91.2 Å². The molecule has 0 bridgehead atoms. The number of pyridine rings is 3. The van der Waals surface area contributed by atoms with Crippen LogP contribution in [0.5, 0.6) is 0 Å². The third kappa shape index (κ3) is 4.42. The van der Waals surface area contributed by atoms with Gasteiger partial charge in [-0.15, -0.1) is 0 Å². The average Bonchev–Trinajstić information content (AvgIpc) is 3.67. The first-order valence-corrected chi connectivity index (χ1v) is 11.8. The maximum atomic E-state index is 13.8. The summed E-state index contributed by atoms with van der Waals surface area (Å²) >= 11 is 0. The lowest BCUT2D eigenvalue weighted by Crippen LogP contribution is -2.13. The Labute approximate surface area is 211 Å². The SMILES string of the molecule is C=C(c1nc2c(-c3cccc(F)c3)cncc2[nH]1)c1cc(-c2cncc(NC(=O)C3CC3)c2)cnc1N. The lowest BCUT2D eigenvalue weighted by atomic mass is 10.0. The summed E-state index contributed by atoms with van der Waals surface area (Å²) in [6.45, 7) is 4.22. The molecule has 4 heterocycles. The minimum absolute atomic E-state index is 0.0143. The molecule has 37 heavy (non-hydrogen) atoms. The lowest BCUT2D eigenvalue weighted by Gasteiger charge is -2.10. The van der Waals surface area contributed by atoms with E-state index in [-0.39, 0.29) is 17.6 Å². The molecular formula is C28H22FN7O. The number of nitrogens with two attached hydrogens (primary N) is 1. The summed E-state index contributed by atoms with van der Waals surface area (Å²) in [5.74, 6) is 0.562. The Kier molecular flexibility index (Phi) is 5.45.